The topological polar surface area (TPSA) is 19.4 Å². The van der Waals surface area contributed by atoms with Crippen molar-refractivity contribution in [1.82, 2.24) is 9.88 Å². The van der Waals surface area contributed by atoms with Gasteiger partial charge in [-0.2, -0.15) is 0 Å². The summed E-state index contributed by atoms with van der Waals surface area (Å²) in [4.78, 5) is 9.45. The minimum Gasteiger partial charge on any atom is -0.369 e. The molecule has 1 aromatic rings. The van der Waals surface area contributed by atoms with Gasteiger partial charge in [0.2, 0.25) is 0 Å². The van der Waals surface area contributed by atoms with Gasteiger partial charge in [-0.05, 0) is 57.3 Å². The molecule has 0 aliphatic rings. The Labute approximate surface area is 137 Å². The highest BCUT2D eigenvalue weighted by Gasteiger charge is 2.08. The third-order valence-corrected chi connectivity index (χ3v) is 4.18. The van der Waals surface area contributed by atoms with Crippen LogP contribution in [0.25, 0.3) is 0 Å². The first-order valence-corrected chi connectivity index (χ1v) is 8.83. The molecule has 0 fully saturated rings. The number of anilines is 1. The molecule has 0 saturated carbocycles. The lowest BCUT2D eigenvalue weighted by Crippen LogP contribution is -2.33. The molecule has 0 N–H and O–H groups in total. The van der Waals surface area contributed by atoms with Gasteiger partial charge in [0.1, 0.15) is 0 Å². The lowest BCUT2D eigenvalue weighted by molar-refractivity contribution is 0.323. The van der Waals surface area contributed by atoms with Crippen LogP contribution in [0.1, 0.15) is 59.1 Å². The maximum atomic E-state index is 4.59. The van der Waals surface area contributed by atoms with Crippen LogP contribution in [-0.4, -0.2) is 43.1 Å². The second kappa shape index (κ2) is 9.83. The van der Waals surface area contributed by atoms with E-state index in [1.807, 2.05) is 6.20 Å². The molecule has 0 saturated heterocycles. The fraction of sp³-hybridized carbons (Fsp3) is 0.737. The molecule has 0 radical (unpaired) electrons. The maximum Gasteiger partial charge on any atom is 0.0553 e. The van der Waals surface area contributed by atoms with Gasteiger partial charge >= 0.3 is 0 Å². The van der Waals surface area contributed by atoms with Gasteiger partial charge in [0, 0.05) is 25.3 Å². The third-order valence-electron chi connectivity index (χ3n) is 4.18. The SMILES string of the molecule is CCN(CCN(C)CCCC(C)C)c1ccc(C(C)C)nc1. The van der Waals surface area contributed by atoms with Crippen LogP contribution < -0.4 is 4.90 Å². The van der Waals surface area contributed by atoms with E-state index in [-0.39, 0.29) is 0 Å². The van der Waals surface area contributed by atoms with Gasteiger partial charge in [0.05, 0.1) is 11.9 Å². The predicted molar refractivity (Wildman–Crippen MR) is 97.8 cm³/mol. The molecule has 0 aromatic carbocycles. The van der Waals surface area contributed by atoms with Crippen LogP contribution in [0.4, 0.5) is 5.69 Å². The Bertz CT molecular complexity index is 398. The van der Waals surface area contributed by atoms with Crippen molar-refractivity contribution in [1.29, 1.82) is 0 Å². The summed E-state index contributed by atoms with van der Waals surface area (Å²) in [6.07, 6.45) is 4.64. The number of hydrogen-bond donors (Lipinski definition) is 0. The van der Waals surface area contributed by atoms with Gasteiger partial charge in [0.15, 0.2) is 0 Å². The summed E-state index contributed by atoms with van der Waals surface area (Å²) in [5, 5.41) is 0. The Kier molecular flexibility index (Phi) is 8.47. The molecule has 1 rings (SSSR count). The Morgan fingerprint density at radius 1 is 1.05 bits per heavy atom. The van der Waals surface area contributed by atoms with Crippen LogP contribution in [0.5, 0.6) is 0 Å². The normalized spacial score (nSPS) is 11.7. The molecule has 126 valence electrons. The van der Waals surface area contributed by atoms with Gasteiger partial charge in [-0.25, -0.2) is 0 Å². The van der Waals surface area contributed by atoms with E-state index in [4.69, 9.17) is 0 Å². The summed E-state index contributed by atoms with van der Waals surface area (Å²) in [5.74, 6) is 1.31. The quantitative estimate of drug-likeness (QED) is 0.638. The highest BCUT2D eigenvalue weighted by atomic mass is 15.2. The zero-order chi connectivity index (χ0) is 16.5. The van der Waals surface area contributed by atoms with Crippen LogP contribution in [0.2, 0.25) is 0 Å². The smallest absolute Gasteiger partial charge is 0.0553 e. The molecule has 0 atom stereocenters. The molecule has 3 nitrogen and oxygen atoms in total. The lowest BCUT2D eigenvalue weighted by Gasteiger charge is -2.26. The average molecular weight is 306 g/mol. The van der Waals surface area contributed by atoms with Crippen LogP contribution in [-0.2, 0) is 0 Å². The van der Waals surface area contributed by atoms with Gasteiger partial charge in [-0.15, -0.1) is 0 Å². The number of likely N-dealkylation sites (N-methyl/N-ethyl adjacent to an activating group) is 2. The minimum absolute atomic E-state index is 0.496. The summed E-state index contributed by atoms with van der Waals surface area (Å²) in [6.45, 7) is 15.6. The molecule has 0 spiro atoms. The van der Waals surface area contributed by atoms with Crippen LogP contribution in [0.15, 0.2) is 18.3 Å². The molecule has 1 aromatic heterocycles. The molecule has 3 heteroatoms. The maximum absolute atomic E-state index is 4.59. The molecule has 0 bridgehead atoms. The van der Waals surface area contributed by atoms with E-state index in [1.54, 1.807) is 0 Å². The van der Waals surface area contributed by atoms with Crippen LogP contribution in [0.3, 0.4) is 0 Å². The summed E-state index contributed by atoms with van der Waals surface area (Å²) >= 11 is 0. The number of aromatic nitrogens is 1. The second-order valence-electron chi connectivity index (χ2n) is 7.01. The van der Waals surface area contributed by atoms with Gasteiger partial charge in [-0.3, -0.25) is 4.98 Å². The summed E-state index contributed by atoms with van der Waals surface area (Å²) in [7, 11) is 2.23. The Morgan fingerprint density at radius 3 is 2.27 bits per heavy atom. The molecule has 0 amide bonds. The van der Waals surface area contributed by atoms with E-state index in [1.165, 1.54) is 30.8 Å². The fourth-order valence-electron chi connectivity index (χ4n) is 2.57. The van der Waals surface area contributed by atoms with E-state index < -0.39 is 0 Å². The van der Waals surface area contributed by atoms with Crippen molar-refractivity contribution in [2.45, 2.75) is 53.4 Å². The molecular formula is C19H35N3. The second-order valence-corrected chi connectivity index (χ2v) is 7.01. The highest BCUT2D eigenvalue weighted by molar-refractivity contribution is 5.44. The number of hydrogen-bond acceptors (Lipinski definition) is 3. The van der Waals surface area contributed by atoms with E-state index in [0.717, 1.165) is 25.6 Å². The van der Waals surface area contributed by atoms with E-state index in [9.17, 15) is 0 Å². The van der Waals surface area contributed by atoms with E-state index >= 15 is 0 Å². The molecule has 0 unspecified atom stereocenters. The molecular weight excluding hydrogens is 270 g/mol. The molecule has 1 heterocycles. The Hall–Kier alpha value is -1.09. The van der Waals surface area contributed by atoms with Crippen LogP contribution >= 0.6 is 0 Å². The first kappa shape index (κ1) is 19.0. The first-order chi connectivity index (χ1) is 10.4. The molecule has 0 aliphatic heterocycles. The van der Waals surface area contributed by atoms with Crippen molar-refractivity contribution >= 4 is 5.69 Å². The summed E-state index contributed by atoms with van der Waals surface area (Å²) < 4.78 is 0. The Balaban J connectivity index is 2.44. The first-order valence-electron chi connectivity index (χ1n) is 8.83. The van der Waals surface area contributed by atoms with Crippen molar-refractivity contribution in [2.24, 2.45) is 5.92 Å². The lowest BCUT2D eigenvalue weighted by atomic mass is 10.1. The van der Waals surface area contributed by atoms with Crippen molar-refractivity contribution in [3.05, 3.63) is 24.0 Å². The summed E-state index contributed by atoms with van der Waals surface area (Å²) in [6, 6.07) is 4.37. The number of pyridine rings is 1. The standard InChI is InChI=1S/C19H35N3/c1-7-22(14-13-21(6)12-8-9-16(2)3)18-10-11-19(17(4)5)20-15-18/h10-11,15-17H,7-9,12-14H2,1-6H3. The minimum atomic E-state index is 0.496. The highest BCUT2D eigenvalue weighted by Crippen LogP contribution is 2.17. The molecule has 0 aliphatic carbocycles. The van der Waals surface area contributed by atoms with Gasteiger partial charge in [0.25, 0.3) is 0 Å². The Morgan fingerprint density at radius 2 is 1.77 bits per heavy atom. The van der Waals surface area contributed by atoms with Crippen molar-refractivity contribution < 1.29 is 0 Å². The number of rotatable bonds is 10. The van der Waals surface area contributed by atoms with Crippen molar-refractivity contribution in [3.8, 4) is 0 Å². The van der Waals surface area contributed by atoms with Crippen molar-refractivity contribution in [3.63, 3.8) is 0 Å². The van der Waals surface area contributed by atoms with Gasteiger partial charge < -0.3 is 9.80 Å². The summed E-state index contributed by atoms with van der Waals surface area (Å²) in [5.41, 5.74) is 2.41. The van der Waals surface area contributed by atoms with Crippen LogP contribution in [0, 0.1) is 5.92 Å². The van der Waals surface area contributed by atoms with E-state index in [0.29, 0.717) is 5.92 Å². The monoisotopic (exact) mass is 305 g/mol. The third kappa shape index (κ3) is 6.78. The zero-order valence-corrected chi connectivity index (χ0v) is 15.5. The number of nitrogens with zero attached hydrogens (tertiary/aromatic N) is 3. The largest absolute Gasteiger partial charge is 0.369 e. The predicted octanol–water partition coefficient (Wildman–Crippen LogP) is 4.40. The average Bonchev–Trinajstić information content (AvgIpc) is 2.48. The molecule has 22 heavy (non-hydrogen) atoms. The fourth-order valence-corrected chi connectivity index (χ4v) is 2.57. The van der Waals surface area contributed by atoms with Gasteiger partial charge in [-0.1, -0.05) is 27.7 Å². The van der Waals surface area contributed by atoms with E-state index in [2.05, 4.69) is 68.6 Å². The zero-order valence-electron chi connectivity index (χ0n) is 15.5. The van der Waals surface area contributed by atoms with Crippen molar-refractivity contribution in [2.75, 3.05) is 38.1 Å².